The summed E-state index contributed by atoms with van der Waals surface area (Å²) < 4.78 is 5.58. The summed E-state index contributed by atoms with van der Waals surface area (Å²) in [7, 11) is 3.28. The zero-order valence-electron chi connectivity index (χ0n) is 15.2. The average molecular weight is 367 g/mol. The van der Waals surface area contributed by atoms with Crippen LogP contribution in [0.4, 0.5) is 0 Å². The molecule has 140 valence electrons. The van der Waals surface area contributed by atoms with Crippen LogP contribution in [0.15, 0.2) is 23.7 Å². The Morgan fingerprint density at radius 3 is 2.88 bits per heavy atom. The lowest BCUT2D eigenvalue weighted by atomic mass is 10.1. The predicted molar refractivity (Wildman–Crippen MR) is 101 cm³/mol. The summed E-state index contributed by atoms with van der Waals surface area (Å²) in [5.74, 6) is 4.54. The highest BCUT2D eigenvalue weighted by molar-refractivity contribution is 7.28. The molecular formula is C18H30N3O3P. The Kier molecular flexibility index (Phi) is 8.62. The summed E-state index contributed by atoms with van der Waals surface area (Å²) in [5, 5.41) is 12.0. The summed E-state index contributed by atoms with van der Waals surface area (Å²) in [6.07, 6.45) is 1.06. The van der Waals surface area contributed by atoms with E-state index < -0.39 is 6.23 Å². The lowest BCUT2D eigenvalue weighted by Crippen LogP contribution is -2.50. The van der Waals surface area contributed by atoms with Gasteiger partial charge in [0.2, 0.25) is 5.91 Å². The van der Waals surface area contributed by atoms with Crippen LogP contribution < -0.4 is 10.1 Å². The Hall–Kier alpha value is -1.20. The topological polar surface area (TPSA) is 65.0 Å². The van der Waals surface area contributed by atoms with Gasteiger partial charge in [-0.1, -0.05) is 21.2 Å². The van der Waals surface area contributed by atoms with Crippen molar-refractivity contribution >= 4 is 14.1 Å². The average Bonchev–Trinajstić information content (AvgIpc) is 2.83. The number of carbonyl (C=O) groups excluding carboxylic acids is 1. The van der Waals surface area contributed by atoms with Crippen molar-refractivity contribution in [3.63, 3.8) is 0 Å². The number of piperidine rings is 1. The molecule has 2 aliphatic rings. The Balaban J connectivity index is 0.000000196. The first-order chi connectivity index (χ1) is 12.1. The normalized spacial score (nSPS) is 25.6. The Bertz CT molecular complexity index is 518. The van der Waals surface area contributed by atoms with Crippen molar-refractivity contribution in [3.8, 4) is 5.75 Å². The first kappa shape index (κ1) is 20.1. The fourth-order valence-electron chi connectivity index (χ4n) is 2.89. The molecule has 0 radical (unpaired) electrons. The van der Waals surface area contributed by atoms with Gasteiger partial charge in [0.1, 0.15) is 11.9 Å². The van der Waals surface area contributed by atoms with Crippen LogP contribution in [0, 0.1) is 0 Å². The highest BCUT2D eigenvalue weighted by atomic mass is 31.0. The standard InChI is InChI=1S/C10H12NO3P.C8H18N2/c12-9-4-3-8(10(13)11-9)14-7-2-1-5-15-6-7;1-3-10-6-4-5-9(2)7-8-10/h1-2,5-6,8,10,13H,3-4H2,(H,11,12);3-8H2,1-2H3. The van der Waals surface area contributed by atoms with E-state index in [9.17, 15) is 9.90 Å². The summed E-state index contributed by atoms with van der Waals surface area (Å²) >= 11 is 0. The molecule has 0 aliphatic carbocycles. The summed E-state index contributed by atoms with van der Waals surface area (Å²) in [6, 6.07) is 3.75. The van der Waals surface area contributed by atoms with E-state index in [2.05, 4.69) is 29.1 Å². The molecule has 2 atom stereocenters. The first-order valence-corrected chi connectivity index (χ1v) is 10.1. The number of likely N-dealkylation sites (N-methyl/N-ethyl adjacent to an activating group) is 2. The highest BCUT2D eigenvalue weighted by Gasteiger charge is 2.28. The second-order valence-corrected chi connectivity index (χ2v) is 7.34. The van der Waals surface area contributed by atoms with E-state index in [1.165, 1.54) is 39.1 Å². The van der Waals surface area contributed by atoms with Gasteiger partial charge in [-0.15, -0.1) is 0 Å². The SMILES string of the molecule is CCN1CCCN(C)CC1.O=C1CCC(Oc2cccpc2)C(O)N1. The molecule has 0 bridgehead atoms. The smallest absolute Gasteiger partial charge is 0.222 e. The van der Waals surface area contributed by atoms with Gasteiger partial charge in [0.25, 0.3) is 0 Å². The van der Waals surface area contributed by atoms with E-state index >= 15 is 0 Å². The van der Waals surface area contributed by atoms with Gasteiger partial charge < -0.3 is 25.0 Å². The van der Waals surface area contributed by atoms with Crippen molar-refractivity contribution in [2.45, 2.75) is 38.5 Å². The number of ether oxygens (including phenoxy) is 1. The minimum absolute atomic E-state index is 0.123. The second kappa shape index (κ2) is 10.7. The molecule has 2 fully saturated rings. The number of carbonyl (C=O) groups is 1. The van der Waals surface area contributed by atoms with E-state index in [0.717, 1.165) is 13.9 Å². The zero-order chi connectivity index (χ0) is 18.1. The second-order valence-electron chi connectivity index (χ2n) is 6.49. The van der Waals surface area contributed by atoms with Gasteiger partial charge >= 0.3 is 0 Å². The molecule has 3 rings (SSSR count). The summed E-state index contributed by atoms with van der Waals surface area (Å²) in [6.45, 7) is 8.53. The molecule has 3 heterocycles. The van der Waals surface area contributed by atoms with Crippen molar-refractivity contribution in [2.75, 3.05) is 39.8 Å². The third-order valence-corrected chi connectivity index (χ3v) is 5.25. The van der Waals surface area contributed by atoms with Gasteiger partial charge in [0.05, 0.1) is 0 Å². The van der Waals surface area contributed by atoms with Gasteiger partial charge in [-0.3, -0.25) is 4.79 Å². The van der Waals surface area contributed by atoms with Crippen molar-refractivity contribution in [1.82, 2.24) is 15.1 Å². The van der Waals surface area contributed by atoms with Crippen LogP contribution in [0.1, 0.15) is 26.2 Å². The van der Waals surface area contributed by atoms with Gasteiger partial charge in [-0.2, -0.15) is 0 Å². The number of aliphatic hydroxyl groups is 1. The van der Waals surface area contributed by atoms with Crippen molar-refractivity contribution in [1.29, 1.82) is 0 Å². The van der Waals surface area contributed by atoms with Crippen molar-refractivity contribution < 1.29 is 14.6 Å². The fourth-order valence-corrected chi connectivity index (χ4v) is 3.46. The van der Waals surface area contributed by atoms with Crippen LogP contribution in [-0.2, 0) is 4.79 Å². The Labute approximate surface area is 152 Å². The molecule has 7 heteroatoms. The van der Waals surface area contributed by atoms with Gasteiger partial charge in [0.15, 0.2) is 6.23 Å². The van der Waals surface area contributed by atoms with Gasteiger partial charge in [-0.05, 0) is 51.4 Å². The van der Waals surface area contributed by atoms with E-state index in [1.54, 1.807) is 0 Å². The van der Waals surface area contributed by atoms with E-state index in [4.69, 9.17) is 4.74 Å². The highest BCUT2D eigenvalue weighted by Crippen LogP contribution is 2.21. The predicted octanol–water partition coefficient (Wildman–Crippen LogP) is 1.89. The van der Waals surface area contributed by atoms with Gasteiger partial charge in [0, 0.05) is 25.3 Å². The first-order valence-electron chi connectivity index (χ1n) is 9.03. The quantitative estimate of drug-likeness (QED) is 0.854. The molecule has 2 N–H and O–H groups in total. The number of nitrogens with one attached hydrogen (secondary N) is 1. The molecular weight excluding hydrogens is 337 g/mol. The largest absolute Gasteiger partial charge is 0.485 e. The lowest BCUT2D eigenvalue weighted by molar-refractivity contribution is -0.131. The van der Waals surface area contributed by atoms with E-state index in [-0.39, 0.29) is 12.0 Å². The van der Waals surface area contributed by atoms with Crippen LogP contribution in [0.25, 0.3) is 0 Å². The van der Waals surface area contributed by atoms with Crippen LogP contribution >= 0.6 is 8.19 Å². The molecule has 2 unspecified atom stereocenters. The van der Waals surface area contributed by atoms with Crippen molar-refractivity contribution in [3.05, 3.63) is 23.7 Å². The van der Waals surface area contributed by atoms with E-state index in [0.29, 0.717) is 12.8 Å². The number of nitrogens with zero attached hydrogens (tertiary/aromatic N) is 2. The maximum atomic E-state index is 10.9. The fraction of sp³-hybridized carbons (Fsp3) is 0.667. The third-order valence-electron chi connectivity index (χ3n) is 4.50. The lowest BCUT2D eigenvalue weighted by Gasteiger charge is -2.28. The number of aliphatic hydroxyl groups excluding tert-OH is 1. The number of hydrogen-bond donors (Lipinski definition) is 2. The molecule has 1 amide bonds. The number of rotatable bonds is 3. The van der Waals surface area contributed by atoms with Gasteiger partial charge in [-0.25, -0.2) is 0 Å². The van der Waals surface area contributed by atoms with Crippen LogP contribution in [0.5, 0.6) is 5.75 Å². The molecule has 0 spiro atoms. The zero-order valence-corrected chi connectivity index (χ0v) is 16.1. The summed E-state index contributed by atoms with van der Waals surface area (Å²) in [4.78, 5) is 15.9. The van der Waals surface area contributed by atoms with Crippen LogP contribution in [0.2, 0.25) is 0 Å². The Morgan fingerprint density at radius 1 is 1.36 bits per heavy atom. The molecule has 0 saturated carbocycles. The molecule has 6 nitrogen and oxygen atoms in total. The van der Waals surface area contributed by atoms with Crippen molar-refractivity contribution in [2.24, 2.45) is 0 Å². The van der Waals surface area contributed by atoms with E-state index in [1.807, 2.05) is 23.7 Å². The maximum absolute atomic E-state index is 10.9. The molecule has 1 aromatic rings. The minimum atomic E-state index is -0.900. The molecule has 2 aliphatic heterocycles. The minimum Gasteiger partial charge on any atom is -0.485 e. The molecule has 1 aromatic heterocycles. The molecule has 0 aromatic carbocycles. The third kappa shape index (κ3) is 7.28. The summed E-state index contributed by atoms with van der Waals surface area (Å²) in [5.41, 5.74) is 0. The number of amides is 1. The Morgan fingerprint density at radius 2 is 2.20 bits per heavy atom. The van der Waals surface area contributed by atoms with Crippen LogP contribution in [0.3, 0.4) is 0 Å². The number of hydrogen-bond acceptors (Lipinski definition) is 5. The maximum Gasteiger partial charge on any atom is 0.222 e. The molecule has 2 saturated heterocycles. The monoisotopic (exact) mass is 367 g/mol. The van der Waals surface area contributed by atoms with Crippen LogP contribution in [-0.4, -0.2) is 72.9 Å². The molecule has 25 heavy (non-hydrogen) atoms.